The topological polar surface area (TPSA) is 118 Å². The van der Waals surface area contributed by atoms with Crippen LogP contribution in [0.4, 0.5) is 15.6 Å². The third-order valence-corrected chi connectivity index (χ3v) is 4.62. The fourth-order valence-electron chi connectivity index (χ4n) is 2.46. The number of nitrogens with one attached hydrogen (secondary N) is 2. The zero-order valence-electron chi connectivity index (χ0n) is 17.3. The van der Waals surface area contributed by atoms with Gasteiger partial charge in [-0.25, -0.2) is 14.6 Å². The lowest BCUT2D eigenvalue weighted by Gasteiger charge is -2.19. The summed E-state index contributed by atoms with van der Waals surface area (Å²) in [6.45, 7) is 6.78. The van der Waals surface area contributed by atoms with Gasteiger partial charge in [0, 0.05) is 18.7 Å². The van der Waals surface area contributed by atoms with E-state index in [1.54, 1.807) is 32.9 Å². The van der Waals surface area contributed by atoms with Crippen LogP contribution in [0, 0.1) is 0 Å². The molecule has 30 heavy (non-hydrogen) atoms. The molecule has 2 aromatic rings. The molecule has 9 heteroatoms. The highest BCUT2D eigenvalue weighted by atomic mass is 32.1. The molecule has 0 atom stereocenters. The van der Waals surface area contributed by atoms with Gasteiger partial charge in [-0.3, -0.25) is 10.1 Å². The molecule has 0 fully saturated rings. The predicted molar refractivity (Wildman–Crippen MR) is 117 cm³/mol. The molecule has 1 aromatic carbocycles. The van der Waals surface area contributed by atoms with Gasteiger partial charge in [-0.1, -0.05) is 23.5 Å². The fourth-order valence-corrected chi connectivity index (χ4v) is 3.42. The standard InChI is InChI=1S/C21H25N3O5S/c1-13(25)22-19-24-16(17(30-19)11-12-18(26)27)10-7-14-5-8-15(9-6-14)23-20(28)29-21(2,3)4/h5-6,8-9,11-12H,7,10H2,1-4H3,(H,23,28)(H,26,27)(H,22,24,25)/b12-11+. The van der Waals surface area contributed by atoms with Crippen molar-refractivity contribution in [3.05, 3.63) is 46.5 Å². The molecule has 2 rings (SSSR count). The Morgan fingerprint density at radius 1 is 1.13 bits per heavy atom. The van der Waals surface area contributed by atoms with Crippen LogP contribution < -0.4 is 10.6 Å². The number of carboxylic acids is 1. The van der Waals surface area contributed by atoms with E-state index >= 15 is 0 Å². The molecule has 160 valence electrons. The van der Waals surface area contributed by atoms with Crippen molar-refractivity contribution in [2.75, 3.05) is 10.6 Å². The first-order valence-electron chi connectivity index (χ1n) is 9.29. The Kier molecular flexibility index (Phi) is 7.71. The third-order valence-electron chi connectivity index (χ3n) is 3.64. The molecule has 8 nitrogen and oxygen atoms in total. The van der Waals surface area contributed by atoms with E-state index < -0.39 is 17.7 Å². The van der Waals surface area contributed by atoms with Gasteiger partial charge in [-0.2, -0.15) is 0 Å². The van der Waals surface area contributed by atoms with E-state index in [0.29, 0.717) is 34.2 Å². The van der Waals surface area contributed by atoms with Crippen LogP contribution in [0.15, 0.2) is 30.3 Å². The average Bonchev–Trinajstić information content (AvgIpc) is 2.98. The molecule has 0 spiro atoms. The summed E-state index contributed by atoms with van der Waals surface area (Å²) in [6.07, 6.45) is 3.23. The molecule has 0 saturated carbocycles. The minimum Gasteiger partial charge on any atom is -0.478 e. The maximum absolute atomic E-state index is 11.8. The minimum absolute atomic E-state index is 0.239. The summed E-state index contributed by atoms with van der Waals surface area (Å²) >= 11 is 1.22. The number of hydrogen-bond acceptors (Lipinski definition) is 6. The van der Waals surface area contributed by atoms with E-state index in [1.807, 2.05) is 12.1 Å². The molecule has 0 bridgehead atoms. The Morgan fingerprint density at radius 3 is 2.37 bits per heavy atom. The Hall–Kier alpha value is -3.20. The number of thiazole rings is 1. The number of hydrogen-bond donors (Lipinski definition) is 3. The molecule has 0 radical (unpaired) electrons. The van der Waals surface area contributed by atoms with E-state index in [9.17, 15) is 14.4 Å². The smallest absolute Gasteiger partial charge is 0.412 e. The van der Waals surface area contributed by atoms with Crippen LogP contribution in [0.25, 0.3) is 6.08 Å². The number of aryl methyl sites for hydroxylation is 2. The highest BCUT2D eigenvalue weighted by molar-refractivity contribution is 7.16. The van der Waals surface area contributed by atoms with Gasteiger partial charge in [-0.15, -0.1) is 0 Å². The van der Waals surface area contributed by atoms with Crippen molar-refractivity contribution in [3.8, 4) is 0 Å². The van der Waals surface area contributed by atoms with Crippen LogP contribution in [-0.2, 0) is 27.2 Å². The molecule has 3 N–H and O–H groups in total. The van der Waals surface area contributed by atoms with E-state index in [0.717, 1.165) is 11.6 Å². The predicted octanol–water partition coefficient (Wildman–Crippen LogP) is 4.33. The Labute approximate surface area is 179 Å². The number of carbonyl (C=O) groups excluding carboxylic acids is 2. The summed E-state index contributed by atoms with van der Waals surface area (Å²) in [6, 6.07) is 7.35. The molecule has 0 aliphatic heterocycles. The molecule has 0 aliphatic carbocycles. The van der Waals surface area contributed by atoms with Crippen molar-refractivity contribution in [2.45, 2.75) is 46.1 Å². The molecule has 2 amide bonds. The van der Waals surface area contributed by atoms with Crippen molar-refractivity contribution >= 4 is 46.2 Å². The Balaban J connectivity index is 2.03. The molecular formula is C21H25N3O5S. The van der Waals surface area contributed by atoms with Gasteiger partial charge in [0.15, 0.2) is 5.13 Å². The number of nitrogens with zero attached hydrogens (tertiary/aromatic N) is 1. The number of ether oxygens (including phenoxy) is 1. The zero-order valence-corrected chi connectivity index (χ0v) is 18.1. The molecule has 1 aromatic heterocycles. The number of carbonyl (C=O) groups is 3. The quantitative estimate of drug-likeness (QED) is 0.562. The number of carboxylic acid groups (broad SMARTS) is 1. The monoisotopic (exact) mass is 431 g/mol. The fraction of sp³-hybridized carbons (Fsp3) is 0.333. The van der Waals surface area contributed by atoms with Crippen LogP contribution in [0.2, 0.25) is 0 Å². The molecule has 0 saturated heterocycles. The summed E-state index contributed by atoms with van der Waals surface area (Å²) in [5, 5.41) is 14.6. The maximum Gasteiger partial charge on any atom is 0.412 e. The first-order valence-corrected chi connectivity index (χ1v) is 10.1. The summed E-state index contributed by atoms with van der Waals surface area (Å²) in [7, 11) is 0. The van der Waals surface area contributed by atoms with Crippen molar-refractivity contribution in [1.29, 1.82) is 0 Å². The van der Waals surface area contributed by atoms with Crippen LogP contribution in [0.5, 0.6) is 0 Å². The number of anilines is 2. The average molecular weight is 432 g/mol. The maximum atomic E-state index is 11.8. The van der Waals surface area contributed by atoms with Gasteiger partial charge in [-0.05, 0) is 57.4 Å². The van der Waals surface area contributed by atoms with Gasteiger partial charge >= 0.3 is 12.1 Å². The van der Waals surface area contributed by atoms with Crippen LogP contribution >= 0.6 is 11.3 Å². The van der Waals surface area contributed by atoms with Gasteiger partial charge in [0.05, 0.1) is 10.6 Å². The normalized spacial score (nSPS) is 11.3. The van der Waals surface area contributed by atoms with Gasteiger partial charge in [0.25, 0.3) is 0 Å². The summed E-state index contributed by atoms with van der Waals surface area (Å²) in [4.78, 5) is 39.0. The van der Waals surface area contributed by atoms with Crippen molar-refractivity contribution < 1.29 is 24.2 Å². The van der Waals surface area contributed by atoms with Gasteiger partial charge < -0.3 is 15.2 Å². The highest BCUT2D eigenvalue weighted by Crippen LogP contribution is 2.26. The molecule has 0 aliphatic rings. The Morgan fingerprint density at radius 2 is 1.80 bits per heavy atom. The number of aliphatic carboxylic acids is 1. The van der Waals surface area contributed by atoms with Gasteiger partial charge in [0.1, 0.15) is 5.60 Å². The molecular weight excluding hydrogens is 406 g/mol. The van der Waals surface area contributed by atoms with E-state index in [-0.39, 0.29) is 5.91 Å². The van der Waals surface area contributed by atoms with Crippen molar-refractivity contribution in [2.24, 2.45) is 0 Å². The van der Waals surface area contributed by atoms with E-state index in [4.69, 9.17) is 9.84 Å². The Bertz CT molecular complexity index is 943. The summed E-state index contributed by atoms with van der Waals surface area (Å²) in [5.74, 6) is -1.29. The van der Waals surface area contributed by atoms with Crippen LogP contribution in [0.3, 0.4) is 0 Å². The van der Waals surface area contributed by atoms with Crippen LogP contribution in [-0.4, -0.2) is 33.7 Å². The number of amides is 2. The third kappa shape index (κ3) is 8.04. The first-order chi connectivity index (χ1) is 14.0. The number of rotatable bonds is 7. The lowest BCUT2D eigenvalue weighted by molar-refractivity contribution is -0.131. The van der Waals surface area contributed by atoms with E-state index in [2.05, 4.69) is 15.6 Å². The second kappa shape index (κ2) is 10.0. The second-order valence-corrected chi connectivity index (χ2v) is 8.54. The van der Waals surface area contributed by atoms with E-state index in [1.165, 1.54) is 24.3 Å². The van der Waals surface area contributed by atoms with Crippen molar-refractivity contribution in [3.63, 3.8) is 0 Å². The lowest BCUT2D eigenvalue weighted by atomic mass is 10.1. The summed E-state index contributed by atoms with van der Waals surface area (Å²) in [5.41, 5.74) is 1.78. The number of benzene rings is 1. The SMILES string of the molecule is CC(=O)Nc1nc(CCc2ccc(NC(=O)OC(C)(C)C)cc2)c(/C=C/C(=O)O)s1. The zero-order chi connectivity index (χ0) is 22.3. The first kappa shape index (κ1) is 23.1. The minimum atomic E-state index is -1.05. The largest absolute Gasteiger partial charge is 0.478 e. The number of aromatic nitrogens is 1. The second-order valence-electron chi connectivity index (χ2n) is 7.51. The van der Waals surface area contributed by atoms with Crippen LogP contribution in [0.1, 0.15) is 43.8 Å². The molecule has 1 heterocycles. The summed E-state index contributed by atoms with van der Waals surface area (Å²) < 4.78 is 5.22. The van der Waals surface area contributed by atoms with Gasteiger partial charge in [0.2, 0.25) is 5.91 Å². The lowest BCUT2D eigenvalue weighted by Crippen LogP contribution is -2.27. The highest BCUT2D eigenvalue weighted by Gasteiger charge is 2.16. The van der Waals surface area contributed by atoms with Crippen molar-refractivity contribution in [1.82, 2.24) is 4.98 Å². The molecule has 0 unspecified atom stereocenters.